The molecule has 204 valence electrons. The van der Waals surface area contributed by atoms with E-state index in [2.05, 4.69) is 10.1 Å². The highest BCUT2D eigenvalue weighted by molar-refractivity contribution is 5.59. The van der Waals surface area contributed by atoms with Crippen molar-refractivity contribution in [3.63, 3.8) is 0 Å². The first-order valence-electron chi connectivity index (χ1n) is 12.1. The van der Waals surface area contributed by atoms with E-state index >= 15 is 0 Å². The first kappa shape index (κ1) is 30.1. The van der Waals surface area contributed by atoms with Crippen LogP contribution in [0, 0.1) is 0 Å². The molecule has 1 aliphatic rings. The van der Waals surface area contributed by atoms with Crippen LogP contribution in [0.25, 0.3) is 0 Å². The zero-order valence-corrected chi connectivity index (χ0v) is 21.7. The zero-order valence-electron chi connectivity index (χ0n) is 21.7. The Morgan fingerprint density at radius 2 is 1.81 bits per heavy atom. The number of rotatable bonds is 8. The lowest BCUT2D eigenvalue weighted by atomic mass is 9.93. The highest BCUT2D eigenvalue weighted by Gasteiger charge is 2.33. The summed E-state index contributed by atoms with van der Waals surface area (Å²) >= 11 is 0. The van der Waals surface area contributed by atoms with E-state index < -0.39 is 18.1 Å². The van der Waals surface area contributed by atoms with Gasteiger partial charge in [-0.25, -0.2) is 0 Å². The van der Waals surface area contributed by atoms with Gasteiger partial charge in [-0.05, 0) is 75.5 Å². The van der Waals surface area contributed by atoms with Crippen molar-refractivity contribution in [3.8, 4) is 5.75 Å². The number of hydrogen-bond donors (Lipinski definition) is 1. The molecule has 1 aliphatic heterocycles. The Hall–Kier alpha value is -3.10. The summed E-state index contributed by atoms with van der Waals surface area (Å²) in [6.45, 7) is 7.71. The first-order chi connectivity index (χ1) is 17.3. The summed E-state index contributed by atoms with van der Waals surface area (Å²) in [6, 6.07) is 5.41. The van der Waals surface area contributed by atoms with Crippen LogP contribution in [0.2, 0.25) is 0 Å². The van der Waals surface area contributed by atoms with Gasteiger partial charge in [0.25, 0.3) is 0 Å². The Kier molecular flexibility index (Phi) is 10.5. The standard InChI is InChI=1S/C28H34F6N2O/c1-6-11-20(17-21(12-7-2)27(29,30)31)22(19(3)4)18-25-23(14-10-16-36(25)5)35-24-13-8-9-15-26(24)37-28(32,33)34/h6,8-9,11-13,15,17-18,23,35H,7,10,14,16H2,1-5H3/b11-6-,20-17+,21-12-,25-18-. The van der Waals surface area contributed by atoms with Crippen LogP contribution >= 0.6 is 0 Å². The molecule has 1 aromatic carbocycles. The molecule has 1 N–H and O–H groups in total. The molecule has 0 aliphatic carbocycles. The molecule has 0 spiro atoms. The first-order valence-corrected chi connectivity index (χ1v) is 12.1. The van der Waals surface area contributed by atoms with Crippen LogP contribution in [0.15, 0.2) is 82.6 Å². The molecular weight excluding hydrogens is 494 g/mol. The number of ether oxygens (including phenoxy) is 1. The molecule has 1 fully saturated rings. The van der Waals surface area contributed by atoms with E-state index in [1.807, 2.05) is 31.9 Å². The van der Waals surface area contributed by atoms with Gasteiger partial charge in [0, 0.05) is 19.3 Å². The molecule has 3 nitrogen and oxygen atoms in total. The lowest BCUT2D eigenvalue weighted by molar-refractivity contribution is -0.274. The van der Waals surface area contributed by atoms with Crippen LogP contribution in [-0.2, 0) is 0 Å². The summed E-state index contributed by atoms with van der Waals surface area (Å²) in [5.41, 5.74) is 2.01. The number of likely N-dealkylation sites (N-methyl/N-ethyl adjacent to an activating group) is 1. The molecule has 2 rings (SSSR count). The summed E-state index contributed by atoms with van der Waals surface area (Å²) in [5, 5.41) is 3.17. The largest absolute Gasteiger partial charge is 0.573 e. The van der Waals surface area contributed by atoms with Crippen molar-refractivity contribution >= 4 is 5.69 Å². The summed E-state index contributed by atoms with van der Waals surface area (Å²) in [5.74, 6) is -0.348. The Labute approximate surface area is 214 Å². The third-order valence-electron chi connectivity index (χ3n) is 5.78. The number of piperidine rings is 1. The molecule has 1 saturated heterocycles. The fourth-order valence-electron chi connectivity index (χ4n) is 4.12. The van der Waals surface area contributed by atoms with Gasteiger partial charge < -0.3 is 15.0 Å². The number of halogens is 6. The summed E-state index contributed by atoms with van der Waals surface area (Å²) in [4.78, 5) is 1.97. The Morgan fingerprint density at radius 1 is 1.14 bits per heavy atom. The van der Waals surface area contributed by atoms with Crippen LogP contribution in [-0.4, -0.2) is 37.1 Å². The Balaban J connectivity index is 2.58. The maximum atomic E-state index is 13.7. The highest BCUT2D eigenvalue weighted by Crippen LogP contribution is 2.35. The molecule has 1 unspecified atom stereocenters. The van der Waals surface area contributed by atoms with E-state index in [4.69, 9.17) is 0 Å². The van der Waals surface area contributed by atoms with Crippen molar-refractivity contribution in [1.29, 1.82) is 0 Å². The second kappa shape index (κ2) is 12.9. The molecular formula is C28H34F6N2O. The predicted molar refractivity (Wildman–Crippen MR) is 136 cm³/mol. The Morgan fingerprint density at radius 3 is 2.38 bits per heavy atom. The molecule has 1 heterocycles. The van der Waals surface area contributed by atoms with E-state index in [-0.39, 0.29) is 23.9 Å². The molecule has 1 aromatic rings. The van der Waals surface area contributed by atoms with Gasteiger partial charge >= 0.3 is 12.5 Å². The summed E-state index contributed by atoms with van der Waals surface area (Å²) < 4.78 is 84.0. The van der Waals surface area contributed by atoms with Gasteiger partial charge in [-0.1, -0.05) is 42.9 Å². The number of para-hydroxylation sites is 2. The van der Waals surface area contributed by atoms with Crippen molar-refractivity contribution in [2.45, 2.75) is 65.5 Å². The average molecular weight is 529 g/mol. The molecule has 1 atom stereocenters. The monoisotopic (exact) mass is 528 g/mol. The van der Waals surface area contributed by atoms with E-state index in [0.29, 0.717) is 24.1 Å². The third-order valence-corrected chi connectivity index (χ3v) is 5.78. The number of benzene rings is 1. The topological polar surface area (TPSA) is 24.5 Å². The van der Waals surface area contributed by atoms with Gasteiger partial charge in [0.1, 0.15) is 0 Å². The average Bonchev–Trinajstić information content (AvgIpc) is 2.77. The second-order valence-electron chi connectivity index (χ2n) is 8.95. The van der Waals surface area contributed by atoms with Crippen molar-refractivity contribution in [2.24, 2.45) is 0 Å². The van der Waals surface area contributed by atoms with Gasteiger partial charge in [-0.3, -0.25) is 0 Å². The normalized spacial score (nSPS) is 18.9. The number of alkyl halides is 6. The lowest BCUT2D eigenvalue weighted by Gasteiger charge is -2.36. The molecule has 0 bridgehead atoms. The van der Waals surface area contributed by atoms with Gasteiger partial charge in [-0.15, -0.1) is 13.2 Å². The molecule has 0 amide bonds. The van der Waals surface area contributed by atoms with Crippen LogP contribution in [0.3, 0.4) is 0 Å². The highest BCUT2D eigenvalue weighted by atomic mass is 19.4. The summed E-state index contributed by atoms with van der Waals surface area (Å²) in [6.07, 6.45) is -0.288. The number of hydrogen-bond acceptors (Lipinski definition) is 3. The minimum atomic E-state index is -4.84. The van der Waals surface area contributed by atoms with E-state index in [1.54, 1.807) is 32.1 Å². The van der Waals surface area contributed by atoms with E-state index in [0.717, 1.165) is 29.8 Å². The maximum Gasteiger partial charge on any atom is 0.573 e. The van der Waals surface area contributed by atoms with E-state index in [9.17, 15) is 26.3 Å². The maximum absolute atomic E-state index is 13.7. The van der Waals surface area contributed by atoms with Gasteiger partial charge in [0.2, 0.25) is 0 Å². The number of anilines is 1. The zero-order chi connectivity index (χ0) is 27.8. The minimum absolute atomic E-state index is 0.180. The summed E-state index contributed by atoms with van der Waals surface area (Å²) in [7, 11) is 1.86. The fraction of sp³-hybridized carbons (Fsp3) is 0.429. The van der Waals surface area contributed by atoms with Crippen LogP contribution < -0.4 is 10.1 Å². The van der Waals surface area contributed by atoms with Gasteiger partial charge in [0.15, 0.2) is 5.75 Å². The number of nitrogens with one attached hydrogen (secondary N) is 1. The molecule has 0 saturated carbocycles. The number of nitrogens with zero attached hydrogens (tertiary/aromatic N) is 1. The van der Waals surface area contributed by atoms with Gasteiger partial charge in [0.05, 0.1) is 17.3 Å². The Bertz CT molecular complexity index is 1070. The predicted octanol–water partition coefficient (Wildman–Crippen LogP) is 8.71. The number of allylic oxidation sites excluding steroid dienone is 9. The van der Waals surface area contributed by atoms with Crippen LogP contribution in [0.4, 0.5) is 32.0 Å². The number of likely N-dealkylation sites (tertiary alicyclic amines) is 1. The molecule has 0 radical (unpaired) electrons. The quantitative estimate of drug-likeness (QED) is 0.270. The third kappa shape index (κ3) is 9.05. The minimum Gasteiger partial charge on any atom is -0.404 e. The lowest BCUT2D eigenvalue weighted by Crippen LogP contribution is -2.38. The molecule has 37 heavy (non-hydrogen) atoms. The van der Waals surface area contributed by atoms with Crippen molar-refractivity contribution in [3.05, 3.63) is 82.6 Å². The van der Waals surface area contributed by atoms with Crippen molar-refractivity contribution in [2.75, 3.05) is 18.9 Å². The molecule has 0 aromatic heterocycles. The smallest absolute Gasteiger partial charge is 0.404 e. The molecule has 9 heteroatoms. The fourth-order valence-corrected chi connectivity index (χ4v) is 4.12. The van der Waals surface area contributed by atoms with E-state index in [1.165, 1.54) is 18.2 Å². The van der Waals surface area contributed by atoms with Crippen molar-refractivity contribution < 1.29 is 31.1 Å². The van der Waals surface area contributed by atoms with Crippen LogP contribution in [0.5, 0.6) is 5.75 Å². The van der Waals surface area contributed by atoms with Crippen LogP contribution in [0.1, 0.15) is 47.0 Å². The van der Waals surface area contributed by atoms with Gasteiger partial charge in [-0.2, -0.15) is 13.2 Å². The van der Waals surface area contributed by atoms with Crippen molar-refractivity contribution in [1.82, 2.24) is 4.90 Å². The SMILES string of the molecule is C\C=C/C(=C\C(=C\CC)C(F)(F)F)C(/C=C1/C(Nc2ccccc2OC(F)(F)F)CCCN1C)=C(C)C. The second-order valence-corrected chi connectivity index (χ2v) is 8.95.